The number of halogens is 1. The first-order valence-electron chi connectivity index (χ1n) is 5.73. The van der Waals surface area contributed by atoms with Gasteiger partial charge in [0.05, 0.1) is 0 Å². The first-order chi connectivity index (χ1) is 8.84. The van der Waals surface area contributed by atoms with Crippen molar-refractivity contribution in [2.45, 2.75) is 6.23 Å². The quantitative estimate of drug-likeness (QED) is 0.766. The zero-order valence-electron chi connectivity index (χ0n) is 9.99. The van der Waals surface area contributed by atoms with E-state index in [9.17, 15) is 0 Å². The van der Waals surface area contributed by atoms with E-state index in [1.807, 2.05) is 48.5 Å². The predicted octanol–water partition coefficient (Wildman–Crippen LogP) is 3.79. The maximum absolute atomic E-state index is 6.11. The summed E-state index contributed by atoms with van der Waals surface area (Å²) in [6.45, 7) is 0. The Balaban J connectivity index is 1.81. The minimum atomic E-state index is -1.99. The third-order valence-corrected chi connectivity index (χ3v) is 6.32. The summed E-state index contributed by atoms with van der Waals surface area (Å²) >= 11 is -1.99. The van der Waals surface area contributed by atoms with Gasteiger partial charge in [0.25, 0.3) is 0 Å². The topological polar surface area (TPSA) is 21.7 Å². The standard InChI is InChI=1S/C14H14INO2/c1-16-14(12-8-4-2-5-9-12)17-15(18-16)13-10-6-3-7-11-13/h2-11,14H,1H3. The summed E-state index contributed by atoms with van der Waals surface area (Å²) in [7, 11) is 1.93. The van der Waals surface area contributed by atoms with Crippen molar-refractivity contribution in [1.82, 2.24) is 5.06 Å². The monoisotopic (exact) mass is 355 g/mol. The number of hydrogen-bond donors (Lipinski definition) is 0. The van der Waals surface area contributed by atoms with E-state index in [0.29, 0.717) is 0 Å². The molecule has 2 aromatic rings. The van der Waals surface area contributed by atoms with Gasteiger partial charge in [-0.15, -0.1) is 0 Å². The Bertz CT molecular complexity index is 506. The molecule has 0 aromatic heterocycles. The molecule has 1 aliphatic rings. The fourth-order valence-electron chi connectivity index (χ4n) is 1.77. The Morgan fingerprint density at radius 2 is 1.56 bits per heavy atom. The molecule has 0 saturated carbocycles. The molecule has 0 radical (unpaired) electrons. The van der Waals surface area contributed by atoms with Gasteiger partial charge in [0.2, 0.25) is 0 Å². The first kappa shape index (κ1) is 12.1. The Labute approximate surface area is 115 Å². The molecule has 1 atom stereocenters. The van der Waals surface area contributed by atoms with Crippen molar-refractivity contribution in [3.05, 3.63) is 69.8 Å². The van der Waals surface area contributed by atoms with Crippen LogP contribution < -0.4 is 0 Å². The molecule has 94 valence electrons. The summed E-state index contributed by atoms with van der Waals surface area (Å²) in [6, 6.07) is 20.4. The maximum atomic E-state index is 6.11. The third-order valence-electron chi connectivity index (χ3n) is 2.66. The zero-order valence-corrected chi connectivity index (χ0v) is 12.2. The van der Waals surface area contributed by atoms with Gasteiger partial charge in [-0.05, 0) is 0 Å². The molecule has 0 N–H and O–H groups in total. The molecule has 18 heavy (non-hydrogen) atoms. The third kappa shape index (κ3) is 2.42. The molecule has 1 fully saturated rings. The van der Waals surface area contributed by atoms with Crippen molar-refractivity contribution in [3.63, 3.8) is 0 Å². The fourth-order valence-corrected chi connectivity index (χ4v) is 5.21. The van der Waals surface area contributed by atoms with E-state index in [4.69, 9.17) is 6.23 Å². The second-order valence-electron chi connectivity index (χ2n) is 3.98. The molecular weight excluding hydrogens is 341 g/mol. The molecule has 3 rings (SSSR count). The van der Waals surface area contributed by atoms with Gasteiger partial charge in [-0.3, -0.25) is 0 Å². The van der Waals surface area contributed by atoms with E-state index < -0.39 is 20.6 Å². The zero-order chi connectivity index (χ0) is 12.4. The van der Waals surface area contributed by atoms with Crippen molar-refractivity contribution >= 4 is 20.6 Å². The van der Waals surface area contributed by atoms with Crippen LogP contribution in [0.2, 0.25) is 0 Å². The summed E-state index contributed by atoms with van der Waals surface area (Å²) < 4.78 is 13.2. The van der Waals surface area contributed by atoms with Crippen LogP contribution in [0.25, 0.3) is 0 Å². The normalized spacial score (nSPS) is 22.3. The average Bonchev–Trinajstić information content (AvgIpc) is 2.83. The minimum absolute atomic E-state index is 0.0865. The Kier molecular flexibility index (Phi) is 3.60. The fraction of sp³-hybridized carbons (Fsp3) is 0.143. The summed E-state index contributed by atoms with van der Waals surface area (Å²) in [4.78, 5) is 0. The van der Waals surface area contributed by atoms with Crippen LogP contribution in [0.1, 0.15) is 11.8 Å². The molecule has 2 aromatic carbocycles. The van der Waals surface area contributed by atoms with Gasteiger partial charge < -0.3 is 0 Å². The van der Waals surface area contributed by atoms with Crippen LogP contribution in [0.15, 0.2) is 60.7 Å². The van der Waals surface area contributed by atoms with Gasteiger partial charge in [0.1, 0.15) is 0 Å². The van der Waals surface area contributed by atoms with E-state index in [1.54, 1.807) is 0 Å². The van der Waals surface area contributed by atoms with E-state index >= 15 is 0 Å². The molecule has 0 bridgehead atoms. The van der Waals surface area contributed by atoms with Crippen molar-refractivity contribution in [2.24, 2.45) is 0 Å². The van der Waals surface area contributed by atoms with E-state index in [-0.39, 0.29) is 6.23 Å². The average molecular weight is 355 g/mol. The van der Waals surface area contributed by atoms with Crippen LogP contribution in [0.5, 0.6) is 0 Å². The Morgan fingerprint density at radius 1 is 0.944 bits per heavy atom. The van der Waals surface area contributed by atoms with Crippen molar-refractivity contribution < 1.29 is 6.23 Å². The number of nitrogens with zero attached hydrogens (tertiary/aromatic N) is 1. The van der Waals surface area contributed by atoms with Crippen LogP contribution in [0, 0.1) is 3.57 Å². The van der Waals surface area contributed by atoms with Crippen LogP contribution in [0.3, 0.4) is 0 Å². The molecule has 1 saturated heterocycles. The first-order valence-corrected chi connectivity index (χ1v) is 8.57. The van der Waals surface area contributed by atoms with Gasteiger partial charge in [0, 0.05) is 0 Å². The predicted molar refractivity (Wildman–Crippen MR) is 78.3 cm³/mol. The number of rotatable bonds is 2. The molecule has 0 aliphatic carbocycles. The van der Waals surface area contributed by atoms with E-state index in [1.165, 1.54) is 3.57 Å². The van der Waals surface area contributed by atoms with Gasteiger partial charge in [0.15, 0.2) is 0 Å². The molecule has 1 unspecified atom stereocenters. The molecular formula is C14H14INO2. The van der Waals surface area contributed by atoms with Gasteiger partial charge in [-0.25, -0.2) is 0 Å². The van der Waals surface area contributed by atoms with Gasteiger partial charge >= 0.3 is 115 Å². The molecule has 0 spiro atoms. The van der Waals surface area contributed by atoms with E-state index in [2.05, 4.69) is 24.3 Å². The Hall–Kier alpha value is -0.950. The molecule has 1 aliphatic heterocycles. The van der Waals surface area contributed by atoms with Gasteiger partial charge in [-0.1, -0.05) is 0 Å². The summed E-state index contributed by atoms with van der Waals surface area (Å²) in [5, 5.41) is 1.83. The SMILES string of the molecule is CN1OI(c2ccccc2)OC1c1ccccc1. The number of benzene rings is 2. The second-order valence-corrected chi connectivity index (χ2v) is 7.37. The van der Waals surface area contributed by atoms with Gasteiger partial charge in [-0.2, -0.15) is 0 Å². The summed E-state index contributed by atoms with van der Waals surface area (Å²) in [5.41, 5.74) is 1.13. The van der Waals surface area contributed by atoms with Crippen LogP contribution >= 0.6 is 20.6 Å². The van der Waals surface area contributed by atoms with E-state index in [0.717, 1.165) is 5.56 Å². The number of hydroxylamine groups is 2. The molecule has 3 nitrogen and oxygen atoms in total. The van der Waals surface area contributed by atoms with Crippen molar-refractivity contribution in [2.75, 3.05) is 7.05 Å². The van der Waals surface area contributed by atoms with Crippen LogP contribution in [0.4, 0.5) is 0 Å². The molecule has 0 amide bonds. The molecule has 4 heteroatoms. The van der Waals surface area contributed by atoms with Crippen LogP contribution in [-0.2, 0) is 6.23 Å². The second kappa shape index (κ2) is 5.36. The summed E-state index contributed by atoms with van der Waals surface area (Å²) in [6.07, 6.45) is -0.0865. The van der Waals surface area contributed by atoms with Crippen molar-refractivity contribution in [3.8, 4) is 0 Å². The van der Waals surface area contributed by atoms with Crippen molar-refractivity contribution in [1.29, 1.82) is 0 Å². The summed E-state index contributed by atoms with van der Waals surface area (Å²) in [5.74, 6) is 0. The molecule has 1 heterocycles. The van der Waals surface area contributed by atoms with Crippen LogP contribution in [-0.4, -0.2) is 12.1 Å². The Morgan fingerprint density at radius 3 is 2.22 bits per heavy atom. The number of hydrogen-bond acceptors (Lipinski definition) is 3.